The predicted molar refractivity (Wildman–Crippen MR) is 83.5 cm³/mol. The van der Waals surface area contributed by atoms with Crippen LogP contribution in [0.25, 0.3) is 0 Å². The zero-order valence-electron chi connectivity index (χ0n) is 11.7. The van der Waals surface area contributed by atoms with Crippen molar-refractivity contribution in [1.82, 2.24) is 9.29 Å². The third-order valence-electron chi connectivity index (χ3n) is 3.01. The molecule has 112 valence electrons. The van der Waals surface area contributed by atoms with Crippen LogP contribution in [0.1, 0.15) is 11.4 Å². The lowest BCUT2D eigenvalue weighted by Gasteiger charge is -2.17. The lowest BCUT2D eigenvalue weighted by atomic mass is 10.3. The molecule has 0 fully saturated rings. The number of aromatic nitrogens is 1. The van der Waals surface area contributed by atoms with Gasteiger partial charge in [0.25, 0.3) is 0 Å². The van der Waals surface area contributed by atoms with Crippen LogP contribution in [0.2, 0.25) is 5.02 Å². The summed E-state index contributed by atoms with van der Waals surface area (Å²) in [5.41, 5.74) is 7.42. The summed E-state index contributed by atoms with van der Waals surface area (Å²) < 4.78 is 26.2. The van der Waals surface area contributed by atoms with Crippen molar-refractivity contribution in [2.75, 3.05) is 12.8 Å². The van der Waals surface area contributed by atoms with Crippen LogP contribution in [0.5, 0.6) is 0 Å². The van der Waals surface area contributed by atoms with Crippen LogP contribution in [0.3, 0.4) is 0 Å². The largest absolute Gasteiger partial charge is 0.397 e. The van der Waals surface area contributed by atoms with E-state index >= 15 is 0 Å². The van der Waals surface area contributed by atoms with E-state index in [1.54, 1.807) is 6.07 Å². The van der Waals surface area contributed by atoms with E-state index in [2.05, 4.69) is 4.98 Å². The predicted octanol–water partition coefficient (Wildman–Crippen LogP) is 2.45. The molecule has 0 atom stereocenters. The second-order valence-corrected chi connectivity index (χ2v) is 7.17. The summed E-state index contributed by atoms with van der Waals surface area (Å²) in [5.74, 6) is 0. The van der Waals surface area contributed by atoms with E-state index in [0.717, 1.165) is 5.69 Å². The van der Waals surface area contributed by atoms with Crippen LogP contribution in [-0.2, 0) is 16.6 Å². The minimum Gasteiger partial charge on any atom is -0.397 e. The first-order valence-corrected chi connectivity index (χ1v) is 8.06. The maximum atomic E-state index is 12.5. The van der Waals surface area contributed by atoms with E-state index in [0.29, 0.717) is 10.7 Å². The van der Waals surface area contributed by atoms with Crippen LogP contribution in [0, 0.1) is 6.92 Å². The van der Waals surface area contributed by atoms with Crippen molar-refractivity contribution in [3.05, 3.63) is 52.8 Å². The van der Waals surface area contributed by atoms with Gasteiger partial charge >= 0.3 is 0 Å². The highest BCUT2D eigenvalue weighted by atomic mass is 35.5. The normalized spacial score (nSPS) is 11.8. The van der Waals surface area contributed by atoms with Gasteiger partial charge in [-0.15, -0.1) is 0 Å². The van der Waals surface area contributed by atoms with Gasteiger partial charge in [0.15, 0.2) is 0 Å². The molecular formula is C14H16ClN3O2S. The highest BCUT2D eigenvalue weighted by Gasteiger charge is 2.22. The Kier molecular flexibility index (Phi) is 4.51. The van der Waals surface area contributed by atoms with Crippen LogP contribution in [0.4, 0.5) is 5.69 Å². The molecule has 0 amide bonds. The van der Waals surface area contributed by atoms with E-state index < -0.39 is 10.0 Å². The number of hydrogen-bond acceptors (Lipinski definition) is 4. The molecule has 1 heterocycles. The Morgan fingerprint density at radius 3 is 2.62 bits per heavy atom. The number of nitrogen functional groups attached to an aromatic ring is 1. The molecule has 0 aliphatic carbocycles. The van der Waals surface area contributed by atoms with Gasteiger partial charge < -0.3 is 5.73 Å². The van der Waals surface area contributed by atoms with Gasteiger partial charge in [0, 0.05) is 12.7 Å². The number of hydrogen-bond donors (Lipinski definition) is 1. The van der Waals surface area contributed by atoms with Gasteiger partial charge in [0.05, 0.1) is 27.8 Å². The third kappa shape index (κ3) is 3.53. The van der Waals surface area contributed by atoms with Crippen molar-refractivity contribution in [2.24, 2.45) is 0 Å². The number of nitrogens with zero attached hydrogens (tertiary/aromatic N) is 2. The summed E-state index contributed by atoms with van der Waals surface area (Å²) in [6.45, 7) is 2.05. The molecule has 0 aliphatic rings. The third-order valence-corrected chi connectivity index (χ3v) is 5.15. The first-order valence-electron chi connectivity index (χ1n) is 6.24. The SMILES string of the molecule is Cc1cccc(CN(C)S(=O)(=O)c2ccc(Cl)c(N)c2)n1. The monoisotopic (exact) mass is 325 g/mol. The molecule has 0 bridgehead atoms. The Morgan fingerprint density at radius 2 is 2.00 bits per heavy atom. The van der Waals surface area contributed by atoms with Gasteiger partial charge in [-0.2, -0.15) is 4.31 Å². The number of benzene rings is 1. The van der Waals surface area contributed by atoms with E-state index in [4.69, 9.17) is 17.3 Å². The molecule has 1 aromatic heterocycles. The minimum atomic E-state index is -3.63. The van der Waals surface area contributed by atoms with Gasteiger partial charge in [-0.1, -0.05) is 17.7 Å². The van der Waals surface area contributed by atoms with Crippen molar-refractivity contribution in [1.29, 1.82) is 0 Å². The summed E-state index contributed by atoms with van der Waals surface area (Å²) in [5, 5.41) is 0.331. The van der Waals surface area contributed by atoms with E-state index in [1.807, 2.05) is 19.1 Å². The van der Waals surface area contributed by atoms with Gasteiger partial charge in [-0.05, 0) is 37.3 Å². The maximum absolute atomic E-state index is 12.5. The number of halogens is 1. The molecule has 1 aromatic carbocycles. The topological polar surface area (TPSA) is 76.3 Å². The van der Waals surface area contributed by atoms with E-state index in [9.17, 15) is 8.42 Å². The molecule has 0 saturated heterocycles. The molecule has 2 rings (SSSR count). The standard InChI is InChI=1S/C14H16ClN3O2S/c1-10-4-3-5-11(17-10)9-18(2)21(19,20)12-6-7-13(15)14(16)8-12/h3-8H,9,16H2,1-2H3. The quantitative estimate of drug-likeness (QED) is 0.876. The molecule has 21 heavy (non-hydrogen) atoms. The Balaban J connectivity index is 2.28. The molecular weight excluding hydrogens is 310 g/mol. The van der Waals surface area contributed by atoms with Gasteiger partial charge in [0.2, 0.25) is 10.0 Å². The molecule has 0 saturated carbocycles. The fourth-order valence-corrected chi connectivity index (χ4v) is 3.16. The number of sulfonamides is 1. The Hall–Kier alpha value is -1.63. The summed E-state index contributed by atoms with van der Waals surface area (Å²) in [6, 6.07) is 9.76. The summed E-state index contributed by atoms with van der Waals surface area (Å²) >= 11 is 5.81. The lowest BCUT2D eigenvalue weighted by Crippen LogP contribution is -2.27. The summed E-state index contributed by atoms with van der Waals surface area (Å²) in [4.78, 5) is 4.41. The second-order valence-electron chi connectivity index (χ2n) is 4.71. The molecule has 0 unspecified atom stereocenters. The van der Waals surface area contributed by atoms with Crippen LogP contribution in [-0.4, -0.2) is 24.8 Å². The maximum Gasteiger partial charge on any atom is 0.243 e. The van der Waals surface area contributed by atoms with Gasteiger partial charge in [-0.25, -0.2) is 8.42 Å². The molecule has 5 nitrogen and oxygen atoms in total. The Bertz CT molecular complexity index is 763. The fourth-order valence-electron chi connectivity index (χ4n) is 1.86. The first-order chi connectivity index (χ1) is 9.80. The number of pyridine rings is 1. The van der Waals surface area contributed by atoms with E-state index in [1.165, 1.54) is 29.6 Å². The average Bonchev–Trinajstić information content (AvgIpc) is 2.41. The fraction of sp³-hybridized carbons (Fsp3) is 0.214. The Labute approximate surface area is 129 Å². The van der Waals surface area contributed by atoms with E-state index in [-0.39, 0.29) is 17.1 Å². The first kappa shape index (κ1) is 15.8. The molecule has 7 heteroatoms. The number of nitrogens with two attached hydrogens (primary N) is 1. The average molecular weight is 326 g/mol. The Morgan fingerprint density at radius 1 is 1.29 bits per heavy atom. The molecule has 0 spiro atoms. The molecule has 0 aliphatic heterocycles. The number of rotatable bonds is 4. The summed E-state index contributed by atoms with van der Waals surface area (Å²) in [6.07, 6.45) is 0. The zero-order chi connectivity index (χ0) is 15.6. The van der Waals surface area contributed by atoms with Crippen molar-refractivity contribution in [3.63, 3.8) is 0 Å². The molecule has 2 aromatic rings. The van der Waals surface area contributed by atoms with Crippen molar-refractivity contribution in [3.8, 4) is 0 Å². The van der Waals surface area contributed by atoms with Gasteiger partial charge in [-0.3, -0.25) is 4.98 Å². The van der Waals surface area contributed by atoms with Gasteiger partial charge in [0.1, 0.15) is 0 Å². The van der Waals surface area contributed by atoms with Crippen LogP contribution < -0.4 is 5.73 Å². The number of anilines is 1. The summed E-state index contributed by atoms with van der Waals surface area (Å²) in [7, 11) is -2.13. The minimum absolute atomic E-state index is 0.111. The van der Waals surface area contributed by atoms with Crippen molar-refractivity contribution >= 4 is 27.3 Å². The van der Waals surface area contributed by atoms with Crippen molar-refractivity contribution < 1.29 is 8.42 Å². The molecule has 2 N–H and O–H groups in total. The highest BCUT2D eigenvalue weighted by molar-refractivity contribution is 7.89. The zero-order valence-corrected chi connectivity index (χ0v) is 13.3. The number of aryl methyl sites for hydroxylation is 1. The highest BCUT2D eigenvalue weighted by Crippen LogP contribution is 2.24. The van der Waals surface area contributed by atoms with Crippen molar-refractivity contribution in [2.45, 2.75) is 18.4 Å². The second kappa shape index (κ2) is 6.01. The molecule has 0 radical (unpaired) electrons. The van der Waals surface area contributed by atoms with Crippen LogP contribution in [0.15, 0.2) is 41.3 Å². The lowest BCUT2D eigenvalue weighted by molar-refractivity contribution is 0.462. The van der Waals surface area contributed by atoms with Crippen LogP contribution >= 0.6 is 11.6 Å². The smallest absolute Gasteiger partial charge is 0.243 e.